The molecule has 2 fully saturated rings. The number of Topliss-reactive ketones (excluding diaryl/α,β-unsaturated/α-hetero) is 1. The second kappa shape index (κ2) is 7.66. The number of ketones is 1. The van der Waals surface area contributed by atoms with E-state index in [0.29, 0.717) is 19.1 Å². The van der Waals surface area contributed by atoms with Crippen LogP contribution in [-0.2, 0) is 10.0 Å². The van der Waals surface area contributed by atoms with Crippen molar-refractivity contribution in [3.8, 4) is 0 Å². The fraction of sp³-hybridized carbons (Fsp3) is 0.476. The molecule has 8 heteroatoms. The Labute approximate surface area is 171 Å². The van der Waals surface area contributed by atoms with Crippen molar-refractivity contribution >= 4 is 15.8 Å². The molecule has 1 saturated carbocycles. The van der Waals surface area contributed by atoms with E-state index in [1.54, 1.807) is 0 Å². The van der Waals surface area contributed by atoms with Crippen LogP contribution in [0.15, 0.2) is 35.2 Å². The van der Waals surface area contributed by atoms with Gasteiger partial charge in [0.05, 0.1) is 6.54 Å². The maximum atomic E-state index is 13.9. The Hall–Kier alpha value is -2.03. The van der Waals surface area contributed by atoms with Gasteiger partial charge in [0.2, 0.25) is 10.0 Å². The lowest BCUT2D eigenvalue weighted by atomic mass is 10.1. The Kier molecular flexibility index (Phi) is 5.35. The number of rotatable bonds is 6. The lowest BCUT2D eigenvalue weighted by molar-refractivity contribution is 0.0901. The van der Waals surface area contributed by atoms with Crippen LogP contribution in [0, 0.1) is 19.7 Å². The molecule has 156 valence electrons. The number of piperazine rings is 1. The zero-order valence-electron chi connectivity index (χ0n) is 16.8. The summed E-state index contributed by atoms with van der Waals surface area (Å²) in [5, 5.41) is 0. The number of carbonyl (C=O) groups is 1. The molecule has 0 N–H and O–H groups in total. The lowest BCUT2D eigenvalue weighted by Gasteiger charge is -2.33. The lowest BCUT2D eigenvalue weighted by Crippen LogP contribution is -2.49. The van der Waals surface area contributed by atoms with Crippen LogP contribution in [0.3, 0.4) is 0 Å². The van der Waals surface area contributed by atoms with Crippen LogP contribution >= 0.6 is 0 Å². The minimum absolute atomic E-state index is 0.0652. The smallest absolute Gasteiger partial charge is 0.246 e. The topological polar surface area (TPSA) is 62.6 Å². The van der Waals surface area contributed by atoms with Crippen molar-refractivity contribution in [1.82, 2.24) is 13.8 Å². The highest BCUT2D eigenvalue weighted by atomic mass is 32.2. The molecule has 0 bridgehead atoms. The van der Waals surface area contributed by atoms with E-state index in [4.69, 9.17) is 0 Å². The monoisotopic (exact) mass is 419 g/mol. The predicted molar refractivity (Wildman–Crippen MR) is 108 cm³/mol. The highest BCUT2D eigenvalue weighted by molar-refractivity contribution is 7.89. The minimum atomic E-state index is -3.86. The van der Waals surface area contributed by atoms with E-state index in [0.717, 1.165) is 23.0 Å². The number of benzene rings is 1. The van der Waals surface area contributed by atoms with Crippen molar-refractivity contribution in [2.24, 2.45) is 0 Å². The highest BCUT2D eigenvalue weighted by Crippen LogP contribution is 2.38. The van der Waals surface area contributed by atoms with Gasteiger partial charge in [0.1, 0.15) is 10.7 Å². The van der Waals surface area contributed by atoms with Gasteiger partial charge in [0, 0.05) is 49.2 Å². The van der Waals surface area contributed by atoms with Gasteiger partial charge in [-0.1, -0.05) is 12.1 Å². The molecule has 0 amide bonds. The van der Waals surface area contributed by atoms with Crippen LogP contribution in [0.5, 0.6) is 0 Å². The van der Waals surface area contributed by atoms with Crippen LogP contribution in [0.2, 0.25) is 0 Å². The number of nitrogens with zero attached hydrogens (tertiary/aromatic N) is 3. The Bertz CT molecular complexity index is 1040. The molecule has 1 aromatic heterocycles. The summed E-state index contributed by atoms with van der Waals surface area (Å²) in [6.45, 7) is 5.67. The van der Waals surface area contributed by atoms with Gasteiger partial charge in [0.25, 0.3) is 0 Å². The molecule has 1 aliphatic heterocycles. The molecule has 1 aromatic carbocycles. The van der Waals surface area contributed by atoms with Gasteiger partial charge in [-0.05, 0) is 44.9 Å². The first-order valence-corrected chi connectivity index (χ1v) is 11.4. The first-order chi connectivity index (χ1) is 13.8. The Morgan fingerprint density at radius 1 is 1.10 bits per heavy atom. The van der Waals surface area contributed by atoms with Crippen LogP contribution < -0.4 is 0 Å². The maximum absolute atomic E-state index is 13.9. The van der Waals surface area contributed by atoms with Gasteiger partial charge in [-0.15, -0.1) is 0 Å². The summed E-state index contributed by atoms with van der Waals surface area (Å²) < 4.78 is 42.9. The first kappa shape index (κ1) is 20.3. The molecule has 0 radical (unpaired) electrons. The first-order valence-electron chi connectivity index (χ1n) is 9.97. The number of aromatic nitrogens is 1. The number of sulfonamides is 1. The number of halogens is 1. The molecular weight excluding hydrogens is 393 g/mol. The van der Waals surface area contributed by atoms with Gasteiger partial charge in [0.15, 0.2) is 5.78 Å². The molecular formula is C21H26FN3O3S. The van der Waals surface area contributed by atoms with Gasteiger partial charge in [-0.25, -0.2) is 12.8 Å². The summed E-state index contributed by atoms with van der Waals surface area (Å²) in [4.78, 5) is 14.5. The van der Waals surface area contributed by atoms with Crippen molar-refractivity contribution in [2.75, 3.05) is 32.7 Å². The van der Waals surface area contributed by atoms with Crippen molar-refractivity contribution in [1.29, 1.82) is 0 Å². The molecule has 4 rings (SSSR count). The summed E-state index contributed by atoms with van der Waals surface area (Å²) >= 11 is 0. The summed E-state index contributed by atoms with van der Waals surface area (Å²) in [6, 6.07) is 7.93. The van der Waals surface area contributed by atoms with Gasteiger partial charge >= 0.3 is 0 Å². The Morgan fingerprint density at radius 3 is 2.38 bits per heavy atom. The van der Waals surface area contributed by atoms with Gasteiger partial charge < -0.3 is 4.57 Å². The van der Waals surface area contributed by atoms with Crippen molar-refractivity contribution in [3.05, 3.63) is 53.1 Å². The molecule has 1 aliphatic carbocycles. The summed E-state index contributed by atoms with van der Waals surface area (Å²) in [7, 11) is -3.86. The van der Waals surface area contributed by atoms with E-state index in [-0.39, 0.29) is 30.3 Å². The van der Waals surface area contributed by atoms with E-state index in [9.17, 15) is 17.6 Å². The maximum Gasteiger partial charge on any atom is 0.246 e. The molecule has 1 saturated heterocycles. The Morgan fingerprint density at radius 2 is 1.76 bits per heavy atom. The third-order valence-electron chi connectivity index (χ3n) is 5.85. The third kappa shape index (κ3) is 3.89. The Balaban J connectivity index is 1.40. The molecule has 0 spiro atoms. The van der Waals surface area contributed by atoms with Crippen LogP contribution in [0.25, 0.3) is 0 Å². The van der Waals surface area contributed by atoms with E-state index in [2.05, 4.69) is 4.57 Å². The molecule has 0 unspecified atom stereocenters. The molecule has 6 nitrogen and oxygen atoms in total. The second-order valence-corrected chi connectivity index (χ2v) is 9.83. The third-order valence-corrected chi connectivity index (χ3v) is 7.78. The van der Waals surface area contributed by atoms with E-state index < -0.39 is 15.8 Å². The van der Waals surface area contributed by atoms with Gasteiger partial charge in [-0.2, -0.15) is 4.31 Å². The normalized spacial score (nSPS) is 18.9. The quantitative estimate of drug-likeness (QED) is 0.676. The fourth-order valence-electron chi connectivity index (χ4n) is 4.16. The van der Waals surface area contributed by atoms with Crippen molar-refractivity contribution in [2.45, 2.75) is 37.6 Å². The average molecular weight is 420 g/mol. The summed E-state index contributed by atoms with van der Waals surface area (Å²) in [5.41, 5.74) is 2.90. The molecule has 2 heterocycles. The largest absolute Gasteiger partial charge is 0.345 e. The standard InChI is InChI=1S/C21H26FN3O3S/c1-15-13-18(16(2)25(15)17-7-8-17)20(26)14-23-9-11-24(12-10-23)29(27,28)21-6-4-3-5-19(21)22/h3-6,13,17H,7-12,14H2,1-2H3. The van der Waals surface area contributed by atoms with E-state index in [1.165, 1.54) is 35.3 Å². The van der Waals surface area contributed by atoms with Crippen LogP contribution in [-0.4, -0.2) is 60.7 Å². The van der Waals surface area contributed by atoms with Crippen LogP contribution in [0.1, 0.15) is 40.6 Å². The average Bonchev–Trinajstić information content (AvgIpc) is 3.47. The van der Waals surface area contributed by atoms with E-state index in [1.807, 2.05) is 24.8 Å². The number of carbonyl (C=O) groups excluding carboxylic acids is 1. The number of hydrogen-bond acceptors (Lipinski definition) is 4. The van der Waals surface area contributed by atoms with Crippen molar-refractivity contribution in [3.63, 3.8) is 0 Å². The van der Waals surface area contributed by atoms with Gasteiger partial charge in [-0.3, -0.25) is 9.69 Å². The second-order valence-electron chi connectivity index (χ2n) is 7.92. The molecule has 2 aliphatic rings. The molecule has 2 aromatic rings. The SMILES string of the molecule is Cc1cc(C(=O)CN2CCN(S(=O)(=O)c3ccccc3F)CC2)c(C)n1C1CC1. The molecule has 29 heavy (non-hydrogen) atoms. The van der Waals surface area contributed by atoms with E-state index >= 15 is 0 Å². The number of aryl methyl sites for hydroxylation is 1. The minimum Gasteiger partial charge on any atom is -0.345 e. The predicted octanol–water partition coefficient (Wildman–Crippen LogP) is 2.77. The fourth-order valence-corrected chi connectivity index (χ4v) is 5.65. The zero-order valence-corrected chi connectivity index (χ0v) is 17.6. The molecule has 0 atom stereocenters. The number of hydrogen-bond donors (Lipinski definition) is 0. The van der Waals surface area contributed by atoms with Crippen LogP contribution in [0.4, 0.5) is 4.39 Å². The highest BCUT2D eigenvalue weighted by Gasteiger charge is 2.32. The van der Waals surface area contributed by atoms with Crippen molar-refractivity contribution < 1.29 is 17.6 Å². The summed E-state index contributed by atoms with van der Waals surface area (Å²) in [6.07, 6.45) is 2.34. The summed E-state index contributed by atoms with van der Waals surface area (Å²) in [5.74, 6) is -0.675. The zero-order chi connectivity index (χ0) is 20.8.